The van der Waals surface area contributed by atoms with Crippen LogP contribution in [0, 0.1) is 23.1 Å². The predicted molar refractivity (Wildman–Crippen MR) is 89.7 cm³/mol. The Morgan fingerprint density at radius 1 is 1.35 bits per heavy atom. The Kier molecular flexibility index (Phi) is 4.24. The monoisotopic (exact) mass is 312 g/mol. The average molecular weight is 312 g/mol. The van der Waals surface area contributed by atoms with Gasteiger partial charge < -0.3 is 15.2 Å². The van der Waals surface area contributed by atoms with Crippen molar-refractivity contribution in [3.63, 3.8) is 0 Å². The first-order valence-electron chi connectivity index (χ1n) is 7.97. The van der Waals surface area contributed by atoms with E-state index in [9.17, 15) is 9.65 Å². The second-order valence-corrected chi connectivity index (χ2v) is 6.33. The van der Waals surface area contributed by atoms with Crippen LogP contribution in [0.5, 0.6) is 0 Å². The summed E-state index contributed by atoms with van der Waals surface area (Å²) in [4.78, 5) is 2.27. The van der Waals surface area contributed by atoms with Crippen LogP contribution in [-0.4, -0.2) is 17.7 Å². The first kappa shape index (κ1) is 15.4. The van der Waals surface area contributed by atoms with Gasteiger partial charge in [-0.25, -0.2) is 4.39 Å². The molecule has 1 aliphatic rings. The molecule has 2 N–H and O–H groups in total. The largest absolute Gasteiger partial charge is 0.396 e. The fourth-order valence-electron chi connectivity index (χ4n) is 3.32. The molecule has 0 aliphatic carbocycles. The van der Waals surface area contributed by atoms with E-state index in [-0.39, 0.29) is 5.82 Å². The number of hydrogen-bond donors (Lipinski definition) is 1. The second-order valence-electron chi connectivity index (χ2n) is 6.33. The minimum atomic E-state index is -0.258. The van der Waals surface area contributed by atoms with E-state index in [2.05, 4.69) is 17.9 Å². The molecule has 2 heterocycles. The number of nitriles is 1. The molecule has 0 radical (unpaired) electrons. The molecule has 2 aromatic rings. The number of rotatable bonds is 3. The van der Waals surface area contributed by atoms with Gasteiger partial charge >= 0.3 is 0 Å². The molecule has 1 aliphatic heterocycles. The highest BCUT2D eigenvalue weighted by Crippen LogP contribution is 2.32. The van der Waals surface area contributed by atoms with Gasteiger partial charge in [0.05, 0.1) is 12.2 Å². The van der Waals surface area contributed by atoms with Crippen LogP contribution < -0.4 is 10.6 Å². The van der Waals surface area contributed by atoms with Crippen LogP contribution >= 0.6 is 0 Å². The van der Waals surface area contributed by atoms with Crippen molar-refractivity contribution in [2.75, 3.05) is 23.7 Å². The van der Waals surface area contributed by atoms with Crippen LogP contribution in [-0.2, 0) is 6.54 Å². The molecule has 23 heavy (non-hydrogen) atoms. The highest BCUT2D eigenvalue weighted by Gasteiger charge is 2.23. The molecule has 1 aromatic carbocycles. The van der Waals surface area contributed by atoms with Gasteiger partial charge in [0.1, 0.15) is 23.4 Å². The molecule has 1 atom stereocenters. The number of piperidine rings is 1. The predicted octanol–water partition coefficient (Wildman–Crippen LogP) is 3.37. The van der Waals surface area contributed by atoms with Gasteiger partial charge in [-0.1, -0.05) is 19.1 Å². The third-order valence-electron chi connectivity index (χ3n) is 4.42. The molecule has 0 amide bonds. The van der Waals surface area contributed by atoms with Gasteiger partial charge in [0.2, 0.25) is 0 Å². The molecule has 3 rings (SSSR count). The van der Waals surface area contributed by atoms with Crippen LogP contribution in [0.4, 0.5) is 15.9 Å². The first-order chi connectivity index (χ1) is 11.1. The van der Waals surface area contributed by atoms with Gasteiger partial charge in [0, 0.05) is 13.1 Å². The minimum absolute atomic E-state index is 0.258. The average Bonchev–Trinajstić information content (AvgIpc) is 2.85. The molecule has 4 nitrogen and oxygen atoms in total. The zero-order valence-electron chi connectivity index (χ0n) is 13.3. The molecular weight excluding hydrogens is 291 g/mol. The lowest BCUT2D eigenvalue weighted by Crippen LogP contribution is -2.36. The number of nitrogen functional groups attached to an aromatic ring is 1. The SMILES string of the molecule is CC1CCCN(c2c(N)cc(C#N)n2Cc2ccc(F)cc2)C1. The Hall–Kier alpha value is -2.48. The van der Waals surface area contributed by atoms with E-state index in [4.69, 9.17) is 5.73 Å². The highest BCUT2D eigenvalue weighted by atomic mass is 19.1. The van der Waals surface area contributed by atoms with E-state index >= 15 is 0 Å². The minimum Gasteiger partial charge on any atom is -0.396 e. The smallest absolute Gasteiger partial charge is 0.133 e. The zero-order valence-corrected chi connectivity index (χ0v) is 13.3. The van der Waals surface area contributed by atoms with Gasteiger partial charge in [-0.2, -0.15) is 5.26 Å². The van der Waals surface area contributed by atoms with Gasteiger partial charge in [0.25, 0.3) is 0 Å². The first-order valence-corrected chi connectivity index (χ1v) is 7.97. The zero-order chi connectivity index (χ0) is 16.4. The molecule has 1 fully saturated rings. The second kappa shape index (κ2) is 6.33. The van der Waals surface area contributed by atoms with E-state index in [1.807, 2.05) is 4.57 Å². The van der Waals surface area contributed by atoms with Crippen molar-refractivity contribution in [1.82, 2.24) is 4.57 Å². The summed E-state index contributed by atoms with van der Waals surface area (Å²) in [6.07, 6.45) is 2.35. The third kappa shape index (κ3) is 3.16. The van der Waals surface area contributed by atoms with Gasteiger partial charge in [-0.15, -0.1) is 0 Å². The third-order valence-corrected chi connectivity index (χ3v) is 4.42. The van der Waals surface area contributed by atoms with Crippen molar-refractivity contribution in [1.29, 1.82) is 5.26 Å². The molecule has 0 saturated carbocycles. The van der Waals surface area contributed by atoms with Crippen molar-refractivity contribution in [3.05, 3.63) is 47.4 Å². The standard InChI is InChI=1S/C18H21FN4/c1-13-3-2-8-22(11-13)18-17(21)9-16(10-20)23(18)12-14-4-6-15(19)7-5-14/h4-7,9,13H,2-3,8,11-12,21H2,1H3. The van der Waals surface area contributed by atoms with Crippen LogP contribution in [0.2, 0.25) is 0 Å². The molecule has 5 heteroatoms. The number of benzene rings is 1. The van der Waals surface area contributed by atoms with Crippen LogP contribution in [0.15, 0.2) is 30.3 Å². The number of nitrogens with two attached hydrogens (primary N) is 1. The van der Waals surface area contributed by atoms with E-state index in [1.54, 1.807) is 18.2 Å². The van der Waals surface area contributed by atoms with Crippen LogP contribution in [0.3, 0.4) is 0 Å². The lowest BCUT2D eigenvalue weighted by atomic mass is 10.0. The van der Waals surface area contributed by atoms with Gasteiger partial charge in [-0.05, 0) is 42.5 Å². The maximum Gasteiger partial charge on any atom is 0.133 e. The molecule has 1 aromatic heterocycles. The molecule has 0 spiro atoms. The summed E-state index contributed by atoms with van der Waals surface area (Å²) in [5, 5.41) is 9.42. The summed E-state index contributed by atoms with van der Waals surface area (Å²) in [6, 6.07) is 10.3. The number of anilines is 2. The molecule has 1 unspecified atom stereocenters. The van der Waals surface area contributed by atoms with Crippen molar-refractivity contribution in [2.45, 2.75) is 26.3 Å². The number of hydrogen-bond acceptors (Lipinski definition) is 3. The molecule has 120 valence electrons. The summed E-state index contributed by atoms with van der Waals surface area (Å²) in [7, 11) is 0. The number of nitrogens with zero attached hydrogens (tertiary/aromatic N) is 3. The summed E-state index contributed by atoms with van der Waals surface area (Å²) in [5.41, 5.74) is 8.33. The topological polar surface area (TPSA) is 58.0 Å². The summed E-state index contributed by atoms with van der Waals surface area (Å²) >= 11 is 0. The van der Waals surface area contributed by atoms with Crippen molar-refractivity contribution < 1.29 is 4.39 Å². The van der Waals surface area contributed by atoms with Gasteiger partial charge in [0.15, 0.2) is 0 Å². The van der Waals surface area contributed by atoms with Crippen LogP contribution in [0.25, 0.3) is 0 Å². The van der Waals surface area contributed by atoms with E-state index in [0.29, 0.717) is 23.8 Å². The Morgan fingerprint density at radius 2 is 2.09 bits per heavy atom. The molecular formula is C18H21FN4. The molecule has 1 saturated heterocycles. The lowest BCUT2D eigenvalue weighted by molar-refractivity contribution is 0.441. The van der Waals surface area contributed by atoms with Crippen molar-refractivity contribution >= 4 is 11.5 Å². The van der Waals surface area contributed by atoms with Crippen LogP contribution in [0.1, 0.15) is 31.0 Å². The van der Waals surface area contributed by atoms with E-state index < -0.39 is 0 Å². The number of aromatic nitrogens is 1. The highest BCUT2D eigenvalue weighted by molar-refractivity contribution is 5.68. The summed E-state index contributed by atoms with van der Waals surface area (Å²) in [6.45, 7) is 4.65. The Morgan fingerprint density at radius 3 is 2.74 bits per heavy atom. The maximum absolute atomic E-state index is 13.1. The normalized spacial score (nSPS) is 18.0. The fourth-order valence-corrected chi connectivity index (χ4v) is 3.32. The van der Waals surface area contributed by atoms with E-state index in [1.165, 1.54) is 18.6 Å². The molecule has 0 bridgehead atoms. The number of halogens is 1. The lowest BCUT2D eigenvalue weighted by Gasteiger charge is -2.34. The van der Waals surface area contributed by atoms with Crippen molar-refractivity contribution in [3.8, 4) is 6.07 Å². The fraction of sp³-hybridized carbons (Fsp3) is 0.389. The maximum atomic E-state index is 13.1. The Balaban J connectivity index is 1.97. The van der Waals surface area contributed by atoms with Crippen molar-refractivity contribution in [2.24, 2.45) is 5.92 Å². The van der Waals surface area contributed by atoms with Gasteiger partial charge in [-0.3, -0.25) is 0 Å². The Labute approximate surface area is 135 Å². The summed E-state index contributed by atoms with van der Waals surface area (Å²) in [5.74, 6) is 1.27. The van der Waals surface area contributed by atoms with E-state index in [0.717, 1.165) is 30.9 Å². The quantitative estimate of drug-likeness (QED) is 0.945. The summed E-state index contributed by atoms with van der Waals surface area (Å²) < 4.78 is 15.0. The Bertz CT molecular complexity index is 727.